The van der Waals surface area contributed by atoms with Crippen molar-refractivity contribution in [3.05, 3.63) is 46.5 Å². The summed E-state index contributed by atoms with van der Waals surface area (Å²) in [6, 6.07) is 8.47. The summed E-state index contributed by atoms with van der Waals surface area (Å²) in [4.78, 5) is 11.5. The Balaban J connectivity index is 1.70. The highest BCUT2D eigenvalue weighted by molar-refractivity contribution is 6.32. The molecule has 0 spiro atoms. The van der Waals surface area contributed by atoms with Gasteiger partial charge in [0.25, 0.3) is 5.91 Å². The van der Waals surface area contributed by atoms with Gasteiger partial charge in [-0.05, 0) is 44.0 Å². The number of nitrogens with one attached hydrogen (secondary N) is 2. The number of carbonyl (C=O) groups excluding carboxylic acids is 1. The molecule has 156 valence electrons. The largest absolute Gasteiger partial charge is 0.508 e. The SMILES string of the molecule is COc1cc(CC(C)(C)NCC(O)c2cc(O)cc3c2OCC(=O)N3)ccc1Cl. The van der Waals surface area contributed by atoms with Crippen molar-refractivity contribution in [1.82, 2.24) is 5.32 Å². The summed E-state index contributed by atoms with van der Waals surface area (Å²) in [5.74, 6) is 0.625. The van der Waals surface area contributed by atoms with Gasteiger partial charge >= 0.3 is 0 Å². The van der Waals surface area contributed by atoms with Crippen molar-refractivity contribution in [2.75, 3.05) is 25.6 Å². The number of amides is 1. The van der Waals surface area contributed by atoms with Gasteiger partial charge in [-0.3, -0.25) is 4.79 Å². The molecule has 0 aliphatic carbocycles. The van der Waals surface area contributed by atoms with Crippen LogP contribution in [0.1, 0.15) is 31.1 Å². The zero-order valence-corrected chi connectivity index (χ0v) is 17.3. The smallest absolute Gasteiger partial charge is 0.262 e. The Bertz CT molecular complexity index is 916. The van der Waals surface area contributed by atoms with E-state index in [0.29, 0.717) is 34.2 Å². The predicted molar refractivity (Wildman–Crippen MR) is 111 cm³/mol. The van der Waals surface area contributed by atoms with E-state index in [9.17, 15) is 15.0 Å². The molecule has 2 aromatic rings. The van der Waals surface area contributed by atoms with E-state index in [-0.39, 0.29) is 30.3 Å². The van der Waals surface area contributed by atoms with Crippen molar-refractivity contribution in [2.24, 2.45) is 0 Å². The van der Waals surface area contributed by atoms with Gasteiger partial charge in [0.15, 0.2) is 6.61 Å². The zero-order chi connectivity index (χ0) is 21.2. The lowest BCUT2D eigenvalue weighted by atomic mass is 9.94. The summed E-state index contributed by atoms with van der Waals surface area (Å²) in [6.45, 7) is 4.14. The number of phenolic OH excluding ortho intramolecular Hbond substituents is 1. The molecule has 1 atom stereocenters. The third kappa shape index (κ3) is 5.12. The molecule has 0 saturated carbocycles. The second kappa shape index (κ2) is 8.49. The van der Waals surface area contributed by atoms with Crippen LogP contribution in [0.3, 0.4) is 0 Å². The topological polar surface area (TPSA) is 100 Å². The highest BCUT2D eigenvalue weighted by atomic mass is 35.5. The fourth-order valence-corrected chi connectivity index (χ4v) is 3.53. The quantitative estimate of drug-likeness (QED) is 0.549. The van der Waals surface area contributed by atoms with E-state index in [4.69, 9.17) is 21.1 Å². The van der Waals surface area contributed by atoms with Crippen molar-refractivity contribution < 1.29 is 24.5 Å². The van der Waals surface area contributed by atoms with E-state index in [1.54, 1.807) is 13.2 Å². The number of ether oxygens (including phenoxy) is 2. The number of aliphatic hydroxyl groups is 1. The van der Waals surface area contributed by atoms with Crippen molar-refractivity contribution in [2.45, 2.75) is 31.9 Å². The Kier molecular flexibility index (Phi) is 6.21. The average Bonchev–Trinajstić information content (AvgIpc) is 2.66. The maximum absolute atomic E-state index is 11.5. The van der Waals surface area contributed by atoms with Crippen LogP contribution in [0.15, 0.2) is 30.3 Å². The number of aliphatic hydroxyl groups excluding tert-OH is 1. The third-order valence-electron chi connectivity index (χ3n) is 4.72. The molecular weight excluding hydrogens is 396 g/mol. The van der Waals surface area contributed by atoms with Crippen molar-refractivity contribution in [3.63, 3.8) is 0 Å². The maximum Gasteiger partial charge on any atom is 0.262 e. The zero-order valence-electron chi connectivity index (χ0n) is 16.6. The molecule has 8 heteroatoms. The van der Waals surface area contributed by atoms with Crippen LogP contribution in [0.2, 0.25) is 5.02 Å². The Labute approximate surface area is 174 Å². The van der Waals surface area contributed by atoms with Gasteiger partial charge in [-0.2, -0.15) is 0 Å². The van der Waals surface area contributed by atoms with Crippen molar-refractivity contribution >= 4 is 23.2 Å². The van der Waals surface area contributed by atoms with Crippen LogP contribution in [0.25, 0.3) is 0 Å². The van der Waals surface area contributed by atoms with Crippen molar-refractivity contribution in [1.29, 1.82) is 0 Å². The molecule has 1 unspecified atom stereocenters. The first-order valence-corrected chi connectivity index (χ1v) is 9.61. The molecule has 1 amide bonds. The lowest BCUT2D eigenvalue weighted by molar-refractivity contribution is -0.118. The Morgan fingerprint density at radius 2 is 2.10 bits per heavy atom. The van der Waals surface area contributed by atoms with Gasteiger partial charge in [0.1, 0.15) is 17.2 Å². The fraction of sp³-hybridized carbons (Fsp3) is 0.381. The number of β-amino-alcohol motifs (C(OH)–C–C–N with tert-alkyl or cyclic N) is 1. The van der Waals surface area contributed by atoms with Gasteiger partial charge in [-0.1, -0.05) is 17.7 Å². The molecule has 1 aliphatic heterocycles. The van der Waals surface area contributed by atoms with Gasteiger partial charge in [0, 0.05) is 23.7 Å². The first kappa shape index (κ1) is 21.2. The Morgan fingerprint density at radius 1 is 1.34 bits per heavy atom. The predicted octanol–water partition coefficient (Wildman–Crippen LogP) is 3.03. The summed E-state index contributed by atoms with van der Waals surface area (Å²) in [7, 11) is 1.57. The van der Waals surface area contributed by atoms with Crippen molar-refractivity contribution in [3.8, 4) is 17.2 Å². The molecule has 2 aromatic carbocycles. The van der Waals surface area contributed by atoms with E-state index in [1.807, 2.05) is 26.0 Å². The minimum Gasteiger partial charge on any atom is -0.508 e. The Hall–Kier alpha value is -2.48. The van der Waals surface area contributed by atoms with Gasteiger partial charge in [0.05, 0.1) is 23.9 Å². The highest BCUT2D eigenvalue weighted by Gasteiger charge is 2.26. The van der Waals surface area contributed by atoms with Gasteiger partial charge in [-0.15, -0.1) is 0 Å². The highest BCUT2D eigenvalue weighted by Crippen LogP contribution is 2.38. The standard InChI is InChI=1S/C21H25ClN2O5/c1-21(2,9-12-4-5-15(22)18(6-12)28-3)23-10-17(26)14-7-13(25)8-16-20(14)29-11-19(27)24-16/h4-8,17,23,25-26H,9-11H2,1-3H3,(H,24,27). The molecule has 1 aliphatic rings. The lowest BCUT2D eigenvalue weighted by Crippen LogP contribution is -2.43. The molecule has 0 bridgehead atoms. The third-order valence-corrected chi connectivity index (χ3v) is 5.03. The molecule has 3 rings (SSSR count). The van der Waals surface area contributed by atoms with Crippen LogP contribution < -0.4 is 20.1 Å². The minimum atomic E-state index is -0.940. The van der Waals surface area contributed by atoms with Crippen LogP contribution in [0.5, 0.6) is 17.2 Å². The summed E-state index contributed by atoms with van der Waals surface area (Å²) in [5, 5.41) is 27.2. The Morgan fingerprint density at radius 3 is 2.83 bits per heavy atom. The number of aromatic hydroxyl groups is 1. The number of hydrogen-bond donors (Lipinski definition) is 4. The van der Waals surface area contributed by atoms with E-state index in [2.05, 4.69) is 10.6 Å². The van der Waals surface area contributed by atoms with E-state index >= 15 is 0 Å². The molecule has 0 saturated heterocycles. The van der Waals surface area contributed by atoms with Gasteiger partial charge in [-0.25, -0.2) is 0 Å². The molecular formula is C21H25ClN2O5. The monoisotopic (exact) mass is 420 g/mol. The first-order chi connectivity index (χ1) is 13.7. The normalized spacial score (nSPS) is 14.6. The second-order valence-electron chi connectivity index (χ2n) is 7.67. The minimum absolute atomic E-state index is 0.0591. The molecule has 1 heterocycles. The van der Waals surface area contributed by atoms with Crippen LogP contribution in [-0.4, -0.2) is 41.9 Å². The number of carbonyl (C=O) groups is 1. The number of methoxy groups -OCH3 is 1. The number of phenols is 1. The molecule has 0 fully saturated rings. The molecule has 4 N–H and O–H groups in total. The number of benzene rings is 2. The summed E-state index contributed by atoms with van der Waals surface area (Å²) >= 11 is 6.09. The number of rotatable bonds is 7. The van der Waals surface area contributed by atoms with Gasteiger partial charge < -0.3 is 30.3 Å². The van der Waals surface area contributed by atoms with E-state index in [1.165, 1.54) is 12.1 Å². The van der Waals surface area contributed by atoms with E-state index in [0.717, 1.165) is 5.56 Å². The molecule has 0 radical (unpaired) electrons. The van der Waals surface area contributed by atoms with Crippen LogP contribution in [0.4, 0.5) is 5.69 Å². The molecule has 7 nitrogen and oxygen atoms in total. The number of anilines is 1. The van der Waals surface area contributed by atoms with Crippen LogP contribution >= 0.6 is 11.6 Å². The van der Waals surface area contributed by atoms with Gasteiger partial charge in [0.2, 0.25) is 0 Å². The fourth-order valence-electron chi connectivity index (χ4n) is 3.33. The molecule has 0 aromatic heterocycles. The first-order valence-electron chi connectivity index (χ1n) is 9.23. The molecule has 29 heavy (non-hydrogen) atoms. The summed E-state index contributed by atoms with van der Waals surface area (Å²) in [5.41, 5.74) is 1.46. The van der Waals surface area contributed by atoms with E-state index < -0.39 is 6.10 Å². The lowest BCUT2D eigenvalue weighted by Gasteiger charge is -2.29. The summed E-state index contributed by atoms with van der Waals surface area (Å²) in [6.07, 6.45) is -0.261. The van der Waals surface area contributed by atoms with Crippen LogP contribution in [0, 0.1) is 0 Å². The number of fused-ring (bicyclic) bond motifs is 1. The summed E-state index contributed by atoms with van der Waals surface area (Å²) < 4.78 is 10.7. The van der Waals surface area contributed by atoms with Crippen LogP contribution in [-0.2, 0) is 11.2 Å². The average molecular weight is 421 g/mol. The number of halogens is 1. The maximum atomic E-state index is 11.5. The number of hydrogen-bond acceptors (Lipinski definition) is 6. The second-order valence-corrected chi connectivity index (χ2v) is 8.08.